The van der Waals surface area contributed by atoms with E-state index in [1.807, 2.05) is 0 Å². The van der Waals surface area contributed by atoms with Crippen molar-refractivity contribution in [2.24, 2.45) is 0 Å². The Balaban J connectivity index is 0.000000166. The highest BCUT2D eigenvalue weighted by Crippen LogP contribution is 2.49. The van der Waals surface area contributed by atoms with Crippen LogP contribution in [0.25, 0.3) is 11.1 Å². The maximum atomic E-state index is 13.8. The summed E-state index contributed by atoms with van der Waals surface area (Å²) in [5.74, 6) is 0.00164. The highest BCUT2D eigenvalue weighted by molar-refractivity contribution is 7.93. The third-order valence-corrected chi connectivity index (χ3v) is 14.5. The van der Waals surface area contributed by atoms with E-state index in [1.54, 1.807) is 36.4 Å². The third kappa shape index (κ3) is 7.31. The number of sulfonamides is 2. The van der Waals surface area contributed by atoms with E-state index in [4.69, 9.17) is 18.9 Å². The number of carboxylic acid groups (broad SMARTS) is 1. The van der Waals surface area contributed by atoms with Gasteiger partial charge in [-0.15, -0.1) is 0 Å². The summed E-state index contributed by atoms with van der Waals surface area (Å²) in [6, 6.07) is 30.0. The quantitative estimate of drug-likeness (QED) is 0.166. The Labute approximate surface area is 371 Å². The van der Waals surface area contributed by atoms with E-state index in [1.165, 1.54) is 73.7 Å². The molecule has 0 amide bonds. The first-order valence-electron chi connectivity index (χ1n) is 19.4. The van der Waals surface area contributed by atoms with Gasteiger partial charge in [0.05, 0.1) is 32.3 Å². The van der Waals surface area contributed by atoms with Gasteiger partial charge in [-0.25, -0.2) is 30.2 Å². The second-order valence-electron chi connectivity index (χ2n) is 14.7. The standard InChI is InChI=1S/C23H14F3NO6S.C23H16F3NO4S/c24-23(25,26)15-6-2-3-7-16(15)27-21(22(28)29)20(13-9-10-17-18(11-13)33-12-32-17)14-5-1-4-8-19(14)34(27,30)31;1-14-22(15-10-11-19-20(12-15)31-13-30-19)16-6-2-5-9-21(16)32(28,29)27(14)18-8-4-3-7-17(18)23(24,25)26/h1-11H,12H2,(H,28,29);2-12H,13H2,1H3. The van der Waals surface area contributed by atoms with Crippen LogP contribution < -0.4 is 27.6 Å². The zero-order chi connectivity index (χ0) is 46.9. The summed E-state index contributed by atoms with van der Waals surface area (Å²) in [6.45, 7) is 1.51. The lowest BCUT2D eigenvalue weighted by Gasteiger charge is -2.34. The molecule has 6 aromatic carbocycles. The van der Waals surface area contributed by atoms with Gasteiger partial charge < -0.3 is 24.1 Å². The van der Waals surface area contributed by atoms with Crippen molar-refractivity contribution >= 4 is 48.5 Å². The molecule has 1 N–H and O–H groups in total. The lowest BCUT2D eigenvalue weighted by molar-refractivity contribution is -0.138. The molecule has 66 heavy (non-hydrogen) atoms. The van der Waals surface area contributed by atoms with E-state index in [2.05, 4.69) is 0 Å². The number of carboxylic acids is 1. The Kier molecular flexibility index (Phi) is 10.6. The molecule has 12 nitrogen and oxygen atoms in total. The number of hydrogen-bond acceptors (Lipinski definition) is 9. The first-order valence-corrected chi connectivity index (χ1v) is 22.3. The van der Waals surface area contributed by atoms with Crippen LogP contribution in [0.1, 0.15) is 40.3 Å². The molecule has 0 aromatic heterocycles. The number of carbonyl (C=O) groups is 1. The van der Waals surface area contributed by atoms with Gasteiger partial charge in [-0.2, -0.15) is 26.3 Å². The summed E-state index contributed by atoms with van der Waals surface area (Å²) in [5.41, 5.74) is -2.59. The summed E-state index contributed by atoms with van der Waals surface area (Å²) in [6.07, 6.45) is -9.67. The topological polar surface area (TPSA) is 149 Å². The summed E-state index contributed by atoms with van der Waals surface area (Å²) in [5, 5.41) is 10.1. The number of allylic oxidation sites excluding steroid dienone is 1. The SMILES string of the molecule is CC1=C(c2ccc3c(c2)OCO3)c2ccccc2S(=O)(=O)N1c1ccccc1C(F)(F)F.O=C(O)C1=C(c2ccc3c(c2)OCO3)c2ccccc2S(=O)(=O)N1c1ccccc1C(F)(F)F. The van der Waals surface area contributed by atoms with Crippen LogP contribution in [0, 0.1) is 0 Å². The summed E-state index contributed by atoms with van der Waals surface area (Å²) in [7, 11) is -9.03. The second kappa shape index (κ2) is 15.9. The molecule has 0 bridgehead atoms. The maximum Gasteiger partial charge on any atom is 0.418 e. The van der Waals surface area contributed by atoms with Crippen molar-refractivity contribution in [3.05, 3.63) is 178 Å². The molecule has 0 fully saturated rings. The number of aliphatic carboxylic acids is 1. The Morgan fingerprint density at radius 2 is 0.924 bits per heavy atom. The zero-order valence-electron chi connectivity index (χ0n) is 33.7. The van der Waals surface area contributed by atoms with Crippen LogP contribution in [0.5, 0.6) is 23.0 Å². The molecular weight excluding hydrogens is 919 g/mol. The van der Waals surface area contributed by atoms with Gasteiger partial charge in [0.25, 0.3) is 20.0 Å². The van der Waals surface area contributed by atoms with Crippen molar-refractivity contribution in [2.75, 3.05) is 22.2 Å². The first kappa shape index (κ1) is 43.8. The molecule has 0 saturated carbocycles. The van der Waals surface area contributed by atoms with Crippen molar-refractivity contribution in [2.45, 2.75) is 29.1 Å². The van der Waals surface area contributed by atoms with Crippen molar-refractivity contribution in [3.8, 4) is 23.0 Å². The number of alkyl halides is 6. The van der Waals surface area contributed by atoms with Crippen molar-refractivity contribution in [1.29, 1.82) is 0 Å². The highest BCUT2D eigenvalue weighted by Gasteiger charge is 2.46. The average molecular weight is 949 g/mol. The van der Waals surface area contributed by atoms with Crippen LogP contribution in [-0.4, -0.2) is 41.5 Å². The van der Waals surface area contributed by atoms with Crippen molar-refractivity contribution in [3.63, 3.8) is 0 Å². The van der Waals surface area contributed by atoms with Crippen molar-refractivity contribution < 1.29 is 72.0 Å². The molecule has 0 spiro atoms. The number of ether oxygens (including phenoxy) is 4. The van der Waals surface area contributed by atoms with Crippen LogP contribution in [-0.2, 0) is 37.2 Å². The molecule has 10 rings (SSSR count). The Morgan fingerprint density at radius 3 is 1.41 bits per heavy atom. The van der Waals surface area contributed by atoms with E-state index in [0.29, 0.717) is 45.8 Å². The van der Waals surface area contributed by atoms with Gasteiger partial charge in [0, 0.05) is 28.0 Å². The van der Waals surface area contributed by atoms with Gasteiger partial charge >= 0.3 is 18.3 Å². The number of hydrogen-bond donors (Lipinski definition) is 1. The van der Waals surface area contributed by atoms with Gasteiger partial charge in [-0.3, -0.25) is 0 Å². The molecule has 0 saturated heterocycles. The smallest absolute Gasteiger partial charge is 0.418 e. The van der Waals surface area contributed by atoms with Gasteiger partial charge in [-0.1, -0.05) is 72.8 Å². The fraction of sp³-hybridized carbons (Fsp3) is 0.109. The summed E-state index contributed by atoms with van der Waals surface area (Å²) < 4.78 is 160. The average Bonchev–Trinajstić information content (AvgIpc) is 3.96. The minimum atomic E-state index is -4.94. The summed E-state index contributed by atoms with van der Waals surface area (Å²) in [4.78, 5) is 12.1. The largest absolute Gasteiger partial charge is 0.477 e. The van der Waals surface area contributed by atoms with Crippen molar-refractivity contribution in [1.82, 2.24) is 0 Å². The van der Waals surface area contributed by atoms with Gasteiger partial charge in [0.2, 0.25) is 13.6 Å². The fourth-order valence-corrected chi connectivity index (χ4v) is 11.6. The van der Waals surface area contributed by atoms with Crippen LogP contribution in [0.3, 0.4) is 0 Å². The molecular formula is C46H30F6N2O10S2. The van der Waals surface area contributed by atoms with Gasteiger partial charge in [0.1, 0.15) is 0 Å². The van der Waals surface area contributed by atoms with Crippen LogP contribution in [0.2, 0.25) is 0 Å². The predicted molar refractivity (Wildman–Crippen MR) is 226 cm³/mol. The molecule has 20 heteroatoms. The molecule has 338 valence electrons. The molecule has 4 heterocycles. The van der Waals surface area contributed by atoms with E-state index in [9.17, 15) is 53.1 Å². The van der Waals surface area contributed by atoms with Gasteiger partial charge in [0.15, 0.2) is 28.7 Å². The Morgan fingerprint density at radius 1 is 0.530 bits per heavy atom. The number of fused-ring (bicyclic) bond motifs is 4. The van der Waals surface area contributed by atoms with E-state index in [0.717, 1.165) is 28.6 Å². The Bertz CT molecular complexity index is 3300. The van der Waals surface area contributed by atoms with E-state index < -0.39 is 66.6 Å². The molecule has 0 unspecified atom stereocenters. The third-order valence-electron chi connectivity index (χ3n) is 10.8. The highest BCUT2D eigenvalue weighted by atomic mass is 32.2. The fourth-order valence-electron chi connectivity index (χ4n) is 8.11. The summed E-state index contributed by atoms with van der Waals surface area (Å²) >= 11 is 0. The number of anilines is 2. The van der Waals surface area contributed by atoms with Crippen LogP contribution in [0.15, 0.2) is 155 Å². The predicted octanol–water partition coefficient (Wildman–Crippen LogP) is 9.91. The molecule has 4 aliphatic rings. The van der Waals surface area contributed by atoms with Crippen LogP contribution >= 0.6 is 0 Å². The minimum Gasteiger partial charge on any atom is -0.477 e. The van der Waals surface area contributed by atoms with E-state index >= 15 is 0 Å². The number of rotatable bonds is 5. The van der Waals surface area contributed by atoms with Gasteiger partial charge in [-0.05, 0) is 78.7 Å². The second-order valence-corrected chi connectivity index (χ2v) is 18.2. The molecule has 0 aliphatic carbocycles. The lowest BCUT2D eigenvalue weighted by Crippen LogP contribution is -2.39. The molecule has 0 radical (unpaired) electrons. The first-order chi connectivity index (χ1) is 31.3. The van der Waals surface area contributed by atoms with E-state index in [-0.39, 0.29) is 50.1 Å². The lowest BCUT2D eigenvalue weighted by atomic mass is 9.94. The zero-order valence-corrected chi connectivity index (χ0v) is 35.3. The molecule has 0 atom stereocenters. The minimum absolute atomic E-state index is 0.0412. The number of benzene rings is 6. The number of halogens is 6. The normalized spacial score (nSPS) is 16.6. The number of para-hydroxylation sites is 2. The molecule has 4 aliphatic heterocycles. The monoisotopic (exact) mass is 948 g/mol. The number of nitrogens with zero attached hydrogens (tertiary/aromatic N) is 2. The molecule has 6 aromatic rings. The maximum absolute atomic E-state index is 13.8. The van der Waals surface area contributed by atoms with Crippen LogP contribution in [0.4, 0.5) is 37.7 Å². The Hall–Kier alpha value is -7.45.